The quantitative estimate of drug-likeness (QED) is 0.233. The van der Waals surface area contributed by atoms with Crippen molar-refractivity contribution in [3.05, 3.63) is 29.8 Å². The Morgan fingerprint density at radius 2 is 1.27 bits per heavy atom. The van der Waals surface area contributed by atoms with E-state index in [1.54, 1.807) is 12.1 Å². The van der Waals surface area contributed by atoms with E-state index in [1.165, 1.54) is 89.9 Å². The third-order valence-corrected chi connectivity index (χ3v) is 5.13. The number of unbranched alkanes of at least 4 members (excludes halogenated alkanes) is 14. The van der Waals surface area contributed by atoms with E-state index in [-0.39, 0.29) is 5.75 Å². The van der Waals surface area contributed by atoms with Crippen LogP contribution in [-0.2, 0) is 0 Å². The molecule has 0 amide bonds. The molecular formula is C24H41NO. The molecule has 3 N–H and O–H groups in total. The summed E-state index contributed by atoms with van der Waals surface area (Å²) in [5.74, 6) is 0.266. The normalized spacial score (nSPS) is 11.4. The fraction of sp³-hybridized carbons (Fsp3) is 0.667. The molecule has 0 atom stereocenters. The van der Waals surface area contributed by atoms with Crippen LogP contribution in [0.4, 0.5) is 5.69 Å². The second-order valence-corrected chi connectivity index (χ2v) is 7.57. The molecule has 0 bridgehead atoms. The number of nitrogen functional groups attached to an aromatic ring is 1. The predicted molar refractivity (Wildman–Crippen MR) is 116 cm³/mol. The standard InChI is InChI=1S/C24H41NO/c1-2-3-4-5-6-7-8-9-10-11-12-13-14-15-16-17-19-22-23(25)20-18-21-24(22)26/h17-21,26H,2-16,25H2,1H3/b19-17+. The van der Waals surface area contributed by atoms with Crippen molar-refractivity contribution in [2.24, 2.45) is 0 Å². The minimum atomic E-state index is 0.266. The van der Waals surface area contributed by atoms with Gasteiger partial charge in [-0.25, -0.2) is 0 Å². The molecule has 0 spiro atoms. The van der Waals surface area contributed by atoms with Crippen LogP contribution in [0.15, 0.2) is 24.3 Å². The second kappa shape index (κ2) is 15.8. The summed E-state index contributed by atoms with van der Waals surface area (Å²) in [6.45, 7) is 2.28. The highest BCUT2D eigenvalue weighted by Gasteiger charge is 2.00. The van der Waals surface area contributed by atoms with Gasteiger partial charge in [-0.15, -0.1) is 0 Å². The fourth-order valence-corrected chi connectivity index (χ4v) is 3.41. The van der Waals surface area contributed by atoms with Gasteiger partial charge in [-0.05, 0) is 25.0 Å². The zero-order valence-electron chi connectivity index (χ0n) is 17.0. The summed E-state index contributed by atoms with van der Waals surface area (Å²) >= 11 is 0. The van der Waals surface area contributed by atoms with Gasteiger partial charge in [-0.3, -0.25) is 0 Å². The van der Waals surface area contributed by atoms with Crippen molar-refractivity contribution < 1.29 is 5.11 Å². The highest BCUT2D eigenvalue weighted by atomic mass is 16.3. The topological polar surface area (TPSA) is 46.2 Å². The third-order valence-electron chi connectivity index (χ3n) is 5.13. The molecule has 1 aromatic rings. The minimum Gasteiger partial charge on any atom is -0.507 e. The van der Waals surface area contributed by atoms with Gasteiger partial charge >= 0.3 is 0 Å². The summed E-state index contributed by atoms with van der Waals surface area (Å²) in [6.07, 6.45) is 24.6. The molecule has 0 aliphatic rings. The first-order chi connectivity index (χ1) is 12.8. The smallest absolute Gasteiger partial charge is 0.124 e. The molecule has 0 heterocycles. The Labute approximate surface area is 161 Å². The zero-order chi connectivity index (χ0) is 18.9. The van der Waals surface area contributed by atoms with Crippen LogP contribution < -0.4 is 5.73 Å². The molecule has 2 heteroatoms. The largest absolute Gasteiger partial charge is 0.507 e. The van der Waals surface area contributed by atoms with Crippen LogP contribution in [0.3, 0.4) is 0 Å². The average molecular weight is 360 g/mol. The molecule has 1 rings (SSSR count). The molecule has 0 aromatic heterocycles. The Balaban J connectivity index is 1.87. The number of rotatable bonds is 16. The third kappa shape index (κ3) is 11.2. The van der Waals surface area contributed by atoms with Crippen LogP contribution in [0.5, 0.6) is 5.75 Å². The van der Waals surface area contributed by atoms with E-state index >= 15 is 0 Å². The van der Waals surface area contributed by atoms with E-state index in [4.69, 9.17) is 5.73 Å². The molecule has 148 valence electrons. The van der Waals surface area contributed by atoms with Gasteiger partial charge in [0.1, 0.15) is 5.75 Å². The van der Waals surface area contributed by atoms with Crippen molar-refractivity contribution in [1.82, 2.24) is 0 Å². The number of hydrogen-bond donors (Lipinski definition) is 2. The maximum absolute atomic E-state index is 9.79. The first-order valence-electron chi connectivity index (χ1n) is 11.0. The molecule has 0 saturated heterocycles. The van der Waals surface area contributed by atoms with Gasteiger partial charge in [0.25, 0.3) is 0 Å². The molecule has 0 unspecified atom stereocenters. The van der Waals surface area contributed by atoms with Crippen molar-refractivity contribution in [2.75, 3.05) is 5.73 Å². The second-order valence-electron chi connectivity index (χ2n) is 7.57. The van der Waals surface area contributed by atoms with Gasteiger partial charge in [0.2, 0.25) is 0 Å². The Bertz CT molecular complexity index is 461. The number of phenolic OH excluding ortho intramolecular Hbond substituents is 1. The van der Waals surface area contributed by atoms with Crippen LogP contribution in [0.1, 0.15) is 109 Å². The van der Waals surface area contributed by atoms with Crippen LogP contribution in [-0.4, -0.2) is 5.11 Å². The molecule has 0 fully saturated rings. The van der Waals surface area contributed by atoms with Gasteiger partial charge < -0.3 is 10.8 Å². The molecule has 0 saturated carbocycles. The van der Waals surface area contributed by atoms with Gasteiger partial charge in [-0.2, -0.15) is 0 Å². The highest BCUT2D eigenvalue weighted by Crippen LogP contribution is 2.24. The number of aromatic hydroxyl groups is 1. The number of hydrogen-bond acceptors (Lipinski definition) is 2. The van der Waals surface area contributed by atoms with E-state index in [0.717, 1.165) is 12.0 Å². The molecule has 26 heavy (non-hydrogen) atoms. The van der Waals surface area contributed by atoms with Gasteiger partial charge in [0.15, 0.2) is 0 Å². The maximum Gasteiger partial charge on any atom is 0.124 e. The van der Waals surface area contributed by atoms with Gasteiger partial charge in [0.05, 0.1) is 0 Å². The number of anilines is 1. The van der Waals surface area contributed by atoms with Crippen LogP contribution in [0, 0.1) is 0 Å². The minimum absolute atomic E-state index is 0.266. The van der Waals surface area contributed by atoms with Crippen LogP contribution in [0.2, 0.25) is 0 Å². The van der Waals surface area contributed by atoms with E-state index in [9.17, 15) is 5.11 Å². The highest BCUT2D eigenvalue weighted by molar-refractivity contribution is 5.69. The number of nitrogens with two attached hydrogens (primary N) is 1. The summed E-state index contributed by atoms with van der Waals surface area (Å²) in [4.78, 5) is 0. The molecular weight excluding hydrogens is 318 g/mol. The Kier molecular flexibility index (Phi) is 13.7. The van der Waals surface area contributed by atoms with E-state index in [0.29, 0.717) is 5.69 Å². The van der Waals surface area contributed by atoms with Crippen LogP contribution >= 0.6 is 0 Å². The molecule has 2 nitrogen and oxygen atoms in total. The van der Waals surface area contributed by atoms with Crippen LogP contribution in [0.25, 0.3) is 6.08 Å². The Morgan fingerprint density at radius 1 is 0.769 bits per heavy atom. The number of phenols is 1. The first-order valence-corrected chi connectivity index (χ1v) is 11.0. The predicted octanol–water partition coefficient (Wildman–Crippen LogP) is 7.86. The molecule has 1 aromatic carbocycles. The van der Waals surface area contributed by atoms with Crippen molar-refractivity contribution in [3.63, 3.8) is 0 Å². The summed E-state index contributed by atoms with van der Waals surface area (Å²) in [5.41, 5.74) is 7.27. The number of benzene rings is 1. The summed E-state index contributed by atoms with van der Waals surface area (Å²) in [6, 6.07) is 5.28. The lowest BCUT2D eigenvalue weighted by Crippen LogP contribution is -1.88. The lowest BCUT2D eigenvalue weighted by molar-refractivity contribution is 0.474. The molecule has 0 aliphatic carbocycles. The van der Waals surface area contributed by atoms with Gasteiger partial charge in [0, 0.05) is 11.3 Å². The monoisotopic (exact) mass is 359 g/mol. The van der Waals surface area contributed by atoms with E-state index in [2.05, 4.69) is 13.0 Å². The maximum atomic E-state index is 9.79. The molecule has 0 radical (unpaired) electrons. The summed E-state index contributed by atoms with van der Waals surface area (Å²) in [7, 11) is 0. The van der Waals surface area contributed by atoms with Gasteiger partial charge in [-0.1, -0.05) is 109 Å². The Morgan fingerprint density at radius 3 is 1.77 bits per heavy atom. The number of allylic oxidation sites excluding steroid dienone is 1. The lowest BCUT2D eigenvalue weighted by atomic mass is 10.0. The van der Waals surface area contributed by atoms with Crippen molar-refractivity contribution in [2.45, 2.75) is 103 Å². The molecule has 0 aliphatic heterocycles. The lowest BCUT2D eigenvalue weighted by Gasteiger charge is -2.03. The Hall–Kier alpha value is -1.44. The van der Waals surface area contributed by atoms with Crippen molar-refractivity contribution in [1.29, 1.82) is 0 Å². The zero-order valence-corrected chi connectivity index (χ0v) is 17.0. The van der Waals surface area contributed by atoms with Crippen molar-refractivity contribution in [3.8, 4) is 5.75 Å². The summed E-state index contributed by atoms with van der Waals surface area (Å²) < 4.78 is 0. The first kappa shape index (κ1) is 22.6. The van der Waals surface area contributed by atoms with E-state index in [1.807, 2.05) is 12.1 Å². The van der Waals surface area contributed by atoms with E-state index < -0.39 is 0 Å². The van der Waals surface area contributed by atoms with Crippen molar-refractivity contribution >= 4 is 11.8 Å². The fourth-order valence-electron chi connectivity index (χ4n) is 3.41. The summed E-state index contributed by atoms with van der Waals surface area (Å²) in [5, 5.41) is 9.79. The SMILES string of the molecule is CCCCCCCCCCCCCCCC/C=C/c1c(N)cccc1O. The average Bonchev–Trinajstić information content (AvgIpc) is 2.63.